The van der Waals surface area contributed by atoms with E-state index < -0.39 is 6.04 Å². The number of carbonyl (C=O) groups is 3. The van der Waals surface area contributed by atoms with Gasteiger partial charge >= 0.3 is 5.91 Å². The standard InChI is InChI=1S/C18H25N4O3/c19-6-2-1-3-16(20)18(25)22-10-13(11-23)9-15(12-24)17(22)14-4-7-21-8-5-14/h4,9-12,16,21H,1-3,5-8,19-20H2/q+1/t16-/m0/s1. The molecule has 1 atom stereocenters. The Hall–Kier alpha value is -2.22. The van der Waals surface area contributed by atoms with Crippen LogP contribution in [0.15, 0.2) is 18.3 Å². The third-order valence-corrected chi connectivity index (χ3v) is 4.27. The van der Waals surface area contributed by atoms with Crippen LogP contribution in [0.5, 0.6) is 0 Å². The zero-order valence-corrected chi connectivity index (χ0v) is 14.2. The first-order valence-corrected chi connectivity index (χ1v) is 8.52. The molecule has 1 aliphatic heterocycles. The van der Waals surface area contributed by atoms with Gasteiger partial charge in [0.2, 0.25) is 5.69 Å². The molecule has 0 radical (unpaired) electrons. The first-order valence-electron chi connectivity index (χ1n) is 8.52. The molecular formula is C18H25N4O3+. The van der Waals surface area contributed by atoms with Crippen molar-refractivity contribution >= 4 is 24.1 Å². The SMILES string of the molecule is NCCCC[C@H](N)C(=O)[n+]1cc(C=O)cc(C=O)c1C1=CCNCC1. The van der Waals surface area contributed by atoms with Crippen LogP contribution >= 0.6 is 0 Å². The van der Waals surface area contributed by atoms with Gasteiger partial charge < -0.3 is 16.8 Å². The molecule has 1 aromatic rings. The van der Waals surface area contributed by atoms with Crippen LogP contribution in [0.2, 0.25) is 0 Å². The molecular weight excluding hydrogens is 320 g/mol. The second-order valence-corrected chi connectivity index (χ2v) is 6.10. The number of rotatable bonds is 8. The summed E-state index contributed by atoms with van der Waals surface area (Å²) >= 11 is 0. The lowest BCUT2D eigenvalue weighted by Crippen LogP contribution is -2.55. The van der Waals surface area contributed by atoms with Crippen molar-refractivity contribution in [2.75, 3.05) is 19.6 Å². The van der Waals surface area contributed by atoms with Gasteiger partial charge in [0.1, 0.15) is 6.04 Å². The van der Waals surface area contributed by atoms with E-state index in [1.807, 2.05) is 6.08 Å². The maximum Gasteiger partial charge on any atom is 0.409 e. The Balaban J connectivity index is 2.46. The summed E-state index contributed by atoms with van der Waals surface area (Å²) in [5.41, 5.74) is 13.5. The van der Waals surface area contributed by atoms with Crippen molar-refractivity contribution in [3.63, 3.8) is 0 Å². The normalized spacial score (nSPS) is 15.4. The largest absolute Gasteiger partial charge is 0.409 e. The molecule has 0 spiro atoms. The average Bonchev–Trinajstić information content (AvgIpc) is 2.66. The number of hydrogen-bond donors (Lipinski definition) is 3. The molecule has 0 aromatic carbocycles. The average molecular weight is 345 g/mol. The number of hydrogen-bond acceptors (Lipinski definition) is 6. The summed E-state index contributed by atoms with van der Waals surface area (Å²) in [4.78, 5) is 35.6. The smallest absolute Gasteiger partial charge is 0.330 e. The van der Waals surface area contributed by atoms with E-state index >= 15 is 0 Å². The van der Waals surface area contributed by atoms with E-state index in [0.29, 0.717) is 49.8 Å². The van der Waals surface area contributed by atoms with Crippen LogP contribution < -0.4 is 21.4 Å². The molecule has 0 fully saturated rings. The van der Waals surface area contributed by atoms with E-state index in [-0.39, 0.29) is 11.5 Å². The van der Waals surface area contributed by atoms with Crippen molar-refractivity contribution in [1.29, 1.82) is 0 Å². The quantitative estimate of drug-likeness (QED) is 0.348. The van der Waals surface area contributed by atoms with Crippen LogP contribution in [-0.2, 0) is 0 Å². The van der Waals surface area contributed by atoms with Gasteiger partial charge in [-0.25, -0.2) is 4.79 Å². The molecule has 0 amide bonds. The first-order chi connectivity index (χ1) is 12.1. The zero-order valence-electron chi connectivity index (χ0n) is 14.2. The minimum atomic E-state index is -0.709. The van der Waals surface area contributed by atoms with Crippen molar-refractivity contribution in [1.82, 2.24) is 5.32 Å². The Morgan fingerprint density at radius 3 is 2.72 bits per heavy atom. The predicted molar refractivity (Wildman–Crippen MR) is 94.4 cm³/mol. The van der Waals surface area contributed by atoms with E-state index in [0.717, 1.165) is 25.0 Å². The topological polar surface area (TPSA) is 119 Å². The number of aromatic nitrogens is 1. The van der Waals surface area contributed by atoms with Crippen molar-refractivity contribution in [3.05, 3.63) is 35.2 Å². The summed E-state index contributed by atoms with van der Waals surface area (Å²) in [6.07, 6.45) is 7.45. The van der Waals surface area contributed by atoms with Crippen LogP contribution in [0.1, 0.15) is 56.9 Å². The number of nitrogens with two attached hydrogens (primary N) is 2. The number of nitrogens with one attached hydrogen (secondary N) is 1. The van der Waals surface area contributed by atoms with Crippen LogP contribution in [-0.4, -0.2) is 44.2 Å². The maximum absolute atomic E-state index is 12.9. The molecule has 134 valence electrons. The molecule has 2 heterocycles. The number of aldehydes is 2. The first kappa shape index (κ1) is 19.1. The summed E-state index contributed by atoms with van der Waals surface area (Å²) in [5.74, 6) is -0.321. The van der Waals surface area contributed by atoms with E-state index in [1.54, 1.807) is 0 Å². The van der Waals surface area contributed by atoms with Gasteiger partial charge in [0.05, 0.1) is 11.1 Å². The van der Waals surface area contributed by atoms with E-state index in [4.69, 9.17) is 11.5 Å². The molecule has 7 heteroatoms. The van der Waals surface area contributed by atoms with Crippen molar-refractivity contribution in [2.45, 2.75) is 31.7 Å². The predicted octanol–water partition coefficient (Wildman–Crippen LogP) is 0.0723. The number of nitrogens with zero attached hydrogens (tertiary/aromatic N) is 1. The lowest BCUT2D eigenvalue weighted by Gasteiger charge is -2.15. The maximum atomic E-state index is 12.9. The molecule has 0 aliphatic carbocycles. The number of carbonyl (C=O) groups excluding carboxylic acids is 3. The molecule has 2 rings (SSSR count). The van der Waals surface area contributed by atoms with Crippen molar-refractivity contribution in [3.8, 4) is 0 Å². The molecule has 0 unspecified atom stereocenters. The molecule has 0 saturated heterocycles. The fraction of sp³-hybridized carbons (Fsp3) is 0.444. The van der Waals surface area contributed by atoms with E-state index in [9.17, 15) is 14.4 Å². The zero-order chi connectivity index (χ0) is 18.2. The fourth-order valence-corrected chi connectivity index (χ4v) is 2.95. The lowest BCUT2D eigenvalue weighted by molar-refractivity contribution is -0.578. The molecule has 1 aliphatic rings. The fourth-order valence-electron chi connectivity index (χ4n) is 2.95. The van der Waals surface area contributed by atoms with Crippen molar-refractivity contribution in [2.24, 2.45) is 11.5 Å². The number of unbranched alkanes of at least 4 members (excludes halogenated alkanes) is 1. The highest BCUT2D eigenvalue weighted by Crippen LogP contribution is 2.20. The van der Waals surface area contributed by atoms with Gasteiger partial charge in [0.25, 0.3) is 0 Å². The molecule has 25 heavy (non-hydrogen) atoms. The lowest BCUT2D eigenvalue weighted by atomic mass is 9.98. The summed E-state index contributed by atoms with van der Waals surface area (Å²) in [5, 5.41) is 3.20. The highest BCUT2D eigenvalue weighted by molar-refractivity contribution is 5.88. The van der Waals surface area contributed by atoms with Crippen molar-refractivity contribution < 1.29 is 19.0 Å². The molecule has 0 saturated carbocycles. The Morgan fingerprint density at radius 2 is 2.12 bits per heavy atom. The van der Waals surface area contributed by atoms with Crippen LogP contribution in [0.4, 0.5) is 0 Å². The van der Waals surface area contributed by atoms with Gasteiger partial charge in [-0.15, -0.1) is 4.57 Å². The molecule has 7 nitrogen and oxygen atoms in total. The second kappa shape index (κ2) is 9.31. The minimum absolute atomic E-state index is 0.267. The van der Waals surface area contributed by atoms with E-state index in [1.165, 1.54) is 16.8 Å². The van der Waals surface area contributed by atoms with Gasteiger partial charge in [0, 0.05) is 12.1 Å². The Labute approximate surface area is 147 Å². The Morgan fingerprint density at radius 1 is 1.32 bits per heavy atom. The summed E-state index contributed by atoms with van der Waals surface area (Å²) in [6, 6.07) is 0.793. The Kier molecular flexibility index (Phi) is 7.12. The van der Waals surface area contributed by atoms with Crippen LogP contribution in [0.25, 0.3) is 5.57 Å². The minimum Gasteiger partial charge on any atom is -0.330 e. The second-order valence-electron chi connectivity index (χ2n) is 6.10. The third-order valence-electron chi connectivity index (χ3n) is 4.27. The highest BCUT2D eigenvalue weighted by Gasteiger charge is 2.31. The van der Waals surface area contributed by atoms with Crippen LogP contribution in [0, 0.1) is 0 Å². The third kappa shape index (κ3) is 4.66. The highest BCUT2D eigenvalue weighted by atomic mass is 16.2. The van der Waals surface area contributed by atoms with Gasteiger partial charge in [0.15, 0.2) is 18.8 Å². The molecule has 0 bridgehead atoms. The molecule has 1 aromatic heterocycles. The number of pyridine rings is 1. The van der Waals surface area contributed by atoms with Gasteiger partial charge in [-0.1, -0.05) is 6.08 Å². The van der Waals surface area contributed by atoms with Gasteiger partial charge in [-0.05, 0) is 44.8 Å². The summed E-state index contributed by atoms with van der Waals surface area (Å²) in [7, 11) is 0. The van der Waals surface area contributed by atoms with Crippen LogP contribution in [0.3, 0.4) is 0 Å². The molecule has 5 N–H and O–H groups in total. The monoisotopic (exact) mass is 345 g/mol. The summed E-state index contributed by atoms with van der Waals surface area (Å²) < 4.78 is 1.37. The van der Waals surface area contributed by atoms with Gasteiger partial charge in [-0.3, -0.25) is 9.59 Å². The summed E-state index contributed by atoms with van der Waals surface area (Å²) in [6.45, 7) is 1.98. The van der Waals surface area contributed by atoms with E-state index in [2.05, 4.69) is 5.32 Å². The Bertz CT molecular complexity index is 685. The van der Waals surface area contributed by atoms with Gasteiger partial charge in [-0.2, -0.15) is 0 Å².